The molecule has 0 aliphatic rings. The minimum absolute atomic E-state index is 0.0299. The standard InChI is InChI=1S/C13H20N2O2/c1-2-17-9-8-13(16)15-12(10-14)11-6-4-3-5-7-11/h3-7,12H,2,8-10,14H2,1H3,(H,15,16). The molecule has 1 unspecified atom stereocenters. The smallest absolute Gasteiger partial charge is 0.222 e. The summed E-state index contributed by atoms with van der Waals surface area (Å²) in [6.45, 7) is 3.38. The number of hydrogen-bond donors (Lipinski definition) is 2. The summed E-state index contributed by atoms with van der Waals surface area (Å²) < 4.78 is 5.13. The first-order valence-electron chi connectivity index (χ1n) is 5.90. The molecular formula is C13H20N2O2. The minimum Gasteiger partial charge on any atom is -0.381 e. The van der Waals surface area contributed by atoms with Crippen LogP contribution in [0.1, 0.15) is 24.9 Å². The lowest BCUT2D eigenvalue weighted by atomic mass is 10.1. The van der Waals surface area contributed by atoms with Crippen molar-refractivity contribution in [1.82, 2.24) is 5.32 Å². The van der Waals surface area contributed by atoms with E-state index in [0.717, 1.165) is 5.56 Å². The molecule has 3 N–H and O–H groups in total. The van der Waals surface area contributed by atoms with Crippen molar-refractivity contribution in [2.45, 2.75) is 19.4 Å². The Kier molecular flexibility index (Phi) is 6.29. The molecule has 1 atom stereocenters. The third-order valence-corrected chi connectivity index (χ3v) is 2.45. The third-order valence-electron chi connectivity index (χ3n) is 2.45. The number of carbonyl (C=O) groups excluding carboxylic acids is 1. The number of amides is 1. The lowest BCUT2D eigenvalue weighted by Crippen LogP contribution is -2.33. The van der Waals surface area contributed by atoms with Crippen LogP contribution in [0.2, 0.25) is 0 Å². The fourth-order valence-corrected chi connectivity index (χ4v) is 1.54. The molecule has 1 aromatic carbocycles. The first-order valence-corrected chi connectivity index (χ1v) is 5.90. The van der Waals surface area contributed by atoms with Crippen molar-refractivity contribution < 1.29 is 9.53 Å². The zero-order valence-electron chi connectivity index (χ0n) is 10.2. The maximum Gasteiger partial charge on any atom is 0.222 e. The maximum absolute atomic E-state index is 11.6. The number of carbonyl (C=O) groups is 1. The molecule has 17 heavy (non-hydrogen) atoms. The maximum atomic E-state index is 11.6. The van der Waals surface area contributed by atoms with Crippen molar-refractivity contribution in [2.24, 2.45) is 5.73 Å². The largest absolute Gasteiger partial charge is 0.381 e. The van der Waals surface area contributed by atoms with Crippen molar-refractivity contribution >= 4 is 5.91 Å². The average Bonchev–Trinajstić information content (AvgIpc) is 2.37. The molecule has 0 bridgehead atoms. The van der Waals surface area contributed by atoms with Gasteiger partial charge in [0.15, 0.2) is 0 Å². The molecule has 0 aliphatic carbocycles. The molecule has 0 radical (unpaired) electrons. The number of rotatable bonds is 7. The Hall–Kier alpha value is -1.39. The van der Waals surface area contributed by atoms with Crippen LogP contribution in [0, 0.1) is 0 Å². The van der Waals surface area contributed by atoms with E-state index in [-0.39, 0.29) is 11.9 Å². The average molecular weight is 236 g/mol. The van der Waals surface area contributed by atoms with Crippen LogP contribution >= 0.6 is 0 Å². The summed E-state index contributed by atoms with van der Waals surface area (Å²) in [6.07, 6.45) is 0.372. The van der Waals surface area contributed by atoms with Gasteiger partial charge in [-0.25, -0.2) is 0 Å². The second-order valence-corrected chi connectivity index (χ2v) is 3.71. The van der Waals surface area contributed by atoms with Gasteiger partial charge in [-0.15, -0.1) is 0 Å². The third kappa shape index (κ3) is 4.97. The van der Waals surface area contributed by atoms with Gasteiger partial charge >= 0.3 is 0 Å². The normalized spacial score (nSPS) is 12.1. The van der Waals surface area contributed by atoms with Gasteiger partial charge in [-0.3, -0.25) is 4.79 Å². The van der Waals surface area contributed by atoms with Gasteiger partial charge in [0, 0.05) is 19.6 Å². The molecule has 0 aromatic heterocycles. The number of nitrogens with one attached hydrogen (secondary N) is 1. The lowest BCUT2D eigenvalue weighted by molar-refractivity contribution is -0.122. The van der Waals surface area contributed by atoms with Crippen LogP contribution in [-0.4, -0.2) is 25.7 Å². The van der Waals surface area contributed by atoms with E-state index in [4.69, 9.17) is 10.5 Å². The van der Waals surface area contributed by atoms with Crippen LogP contribution in [0.3, 0.4) is 0 Å². The molecule has 0 fully saturated rings. The van der Waals surface area contributed by atoms with E-state index >= 15 is 0 Å². The van der Waals surface area contributed by atoms with Crippen molar-refractivity contribution in [3.8, 4) is 0 Å². The number of hydrogen-bond acceptors (Lipinski definition) is 3. The molecule has 4 nitrogen and oxygen atoms in total. The van der Waals surface area contributed by atoms with Gasteiger partial charge < -0.3 is 15.8 Å². The molecule has 0 saturated carbocycles. The van der Waals surface area contributed by atoms with E-state index in [1.165, 1.54) is 0 Å². The summed E-state index contributed by atoms with van der Waals surface area (Å²) in [5, 5.41) is 2.90. The highest BCUT2D eigenvalue weighted by Gasteiger charge is 2.11. The van der Waals surface area contributed by atoms with E-state index < -0.39 is 0 Å². The monoisotopic (exact) mass is 236 g/mol. The molecule has 0 spiro atoms. The fourth-order valence-electron chi connectivity index (χ4n) is 1.54. The van der Waals surface area contributed by atoms with E-state index in [1.807, 2.05) is 37.3 Å². The Morgan fingerprint density at radius 3 is 2.71 bits per heavy atom. The summed E-state index contributed by atoms with van der Waals surface area (Å²) >= 11 is 0. The Balaban J connectivity index is 2.44. The van der Waals surface area contributed by atoms with Crippen molar-refractivity contribution in [3.05, 3.63) is 35.9 Å². The lowest BCUT2D eigenvalue weighted by Gasteiger charge is -2.17. The van der Waals surface area contributed by atoms with Crippen LogP contribution in [0.4, 0.5) is 0 Å². The molecule has 0 saturated heterocycles. The van der Waals surface area contributed by atoms with E-state index in [9.17, 15) is 4.79 Å². The molecule has 1 aromatic rings. The Labute approximate surface area is 102 Å². The van der Waals surface area contributed by atoms with Gasteiger partial charge in [-0.1, -0.05) is 30.3 Å². The van der Waals surface area contributed by atoms with Gasteiger partial charge in [0.25, 0.3) is 0 Å². The van der Waals surface area contributed by atoms with E-state index in [1.54, 1.807) is 0 Å². The van der Waals surface area contributed by atoms with Gasteiger partial charge in [0.05, 0.1) is 12.6 Å². The van der Waals surface area contributed by atoms with Crippen LogP contribution in [0.15, 0.2) is 30.3 Å². The topological polar surface area (TPSA) is 64.3 Å². The second kappa shape index (κ2) is 7.81. The second-order valence-electron chi connectivity index (χ2n) is 3.71. The number of ether oxygens (including phenoxy) is 1. The molecule has 1 amide bonds. The highest BCUT2D eigenvalue weighted by molar-refractivity contribution is 5.76. The summed E-state index contributed by atoms with van der Waals surface area (Å²) in [4.78, 5) is 11.6. The van der Waals surface area contributed by atoms with Crippen LogP contribution in [0.5, 0.6) is 0 Å². The number of benzene rings is 1. The molecular weight excluding hydrogens is 216 g/mol. The zero-order valence-corrected chi connectivity index (χ0v) is 10.2. The molecule has 0 heterocycles. The predicted molar refractivity (Wildman–Crippen MR) is 67.5 cm³/mol. The summed E-state index contributed by atoms with van der Waals surface area (Å²) in [5.41, 5.74) is 6.69. The highest BCUT2D eigenvalue weighted by atomic mass is 16.5. The summed E-state index contributed by atoms with van der Waals surface area (Å²) in [5.74, 6) is -0.0299. The van der Waals surface area contributed by atoms with E-state index in [2.05, 4.69) is 5.32 Å². The van der Waals surface area contributed by atoms with Gasteiger partial charge in [-0.2, -0.15) is 0 Å². The quantitative estimate of drug-likeness (QED) is 0.700. The highest BCUT2D eigenvalue weighted by Crippen LogP contribution is 2.10. The Morgan fingerprint density at radius 2 is 2.12 bits per heavy atom. The summed E-state index contributed by atoms with van der Waals surface area (Å²) in [7, 11) is 0. The fraction of sp³-hybridized carbons (Fsp3) is 0.462. The molecule has 1 rings (SSSR count). The predicted octanol–water partition coefficient (Wildman–Crippen LogP) is 1.23. The van der Waals surface area contributed by atoms with Crippen LogP contribution in [-0.2, 0) is 9.53 Å². The Bertz CT molecular complexity index is 327. The van der Waals surface area contributed by atoms with Gasteiger partial charge in [0.2, 0.25) is 5.91 Å². The van der Waals surface area contributed by atoms with Crippen molar-refractivity contribution in [3.63, 3.8) is 0 Å². The molecule has 4 heteroatoms. The van der Waals surface area contributed by atoms with Crippen LogP contribution in [0.25, 0.3) is 0 Å². The molecule has 0 aliphatic heterocycles. The summed E-state index contributed by atoms with van der Waals surface area (Å²) in [6, 6.07) is 9.61. The number of nitrogens with two attached hydrogens (primary N) is 1. The van der Waals surface area contributed by atoms with Crippen molar-refractivity contribution in [1.29, 1.82) is 0 Å². The van der Waals surface area contributed by atoms with Gasteiger partial charge in [-0.05, 0) is 12.5 Å². The Morgan fingerprint density at radius 1 is 1.41 bits per heavy atom. The SMILES string of the molecule is CCOCCC(=O)NC(CN)c1ccccc1. The van der Waals surface area contributed by atoms with Crippen LogP contribution < -0.4 is 11.1 Å². The minimum atomic E-state index is -0.120. The van der Waals surface area contributed by atoms with Gasteiger partial charge in [0.1, 0.15) is 0 Å². The van der Waals surface area contributed by atoms with E-state index in [0.29, 0.717) is 26.2 Å². The molecule has 94 valence electrons. The first kappa shape index (κ1) is 13.7. The van der Waals surface area contributed by atoms with Crippen molar-refractivity contribution in [2.75, 3.05) is 19.8 Å². The first-order chi connectivity index (χ1) is 8.27. The zero-order chi connectivity index (χ0) is 12.5.